The Balaban J connectivity index is 2.73. The van der Waals surface area contributed by atoms with E-state index in [9.17, 15) is 8.42 Å². The van der Waals surface area contributed by atoms with Crippen LogP contribution in [0, 0.1) is 0 Å². The SMILES string of the molecule is CC(C)(C)[Si](C)(C)OC[C@@H](OS(C)(=O)=O)[C@H](CCN=[N+]=[N-])O[Si](c1ccccc1)(c1ccccc1)C(C)(C)C. The van der Waals surface area contributed by atoms with Crippen molar-refractivity contribution < 1.29 is 21.5 Å². The molecular weight excluding hydrogens is 547 g/mol. The first kappa shape index (κ1) is 33.2. The first-order chi connectivity index (χ1) is 17.9. The molecule has 0 radical (unpaired) electrons. The van der Waals surface area contributed by atoms with Gasteiger partial charge in [0.2, 0.25) is 0 Å². The molecule has 2 aromatic carbocycles. The minimum atomic E-state index is -3.86. The van der Waals surface area contributed by atoms with Crippen LogP contribution in [0.2, 0.25) is 23.2 Å². The topological polar surface area (TPSA) is 111 Å². The summed E-state index contributed by atoms with van der Waals surface area (Å²) in [5.41, 5.74) is 9.00. The fourth-order valence-electron chi connectivity index (χ4n) is 4.40. The first-order valence-corrected chi connectivity index (χ1v) is 19.9. The number of rotatable bonds is 13. The number of nitrogens with zero attached hydrogens (tertiary/aromatic N) is 3. The van der Waals surface area contributed by atoms with Gasteiger partial charge in [-0.25, -0.2) is 0 Å². The normalized spacial score (nSPS) is 14.9. The largest absolute Gasteiger partial charge is 0.414 e. The Morgan fingerprint density at radius 1 is 0.872 bits per heavy atom. The van der Waals surface area contributed by atoms with Gasteiger partial charge in [-0.2, -0.15) is 8.42 Å². The van der Waals surface area contributed by atoms with Crippen molar-refractivity contribution in [2.45, 2.75) is 83.3 Å². The molecule has 0 saturated heterocycles. The highest BCUT2D eigenvalue weighted by Gasteiger charge is 2.52. The van der Waals surface area contributed by atoms with Gasteiger partial charge < -0.3 is 8.85 Å². The molecule has 0 bridgehead atoms. The fourth-order valence-corrected chi connectivity index (χ4v) is 10.8. The highest BCUT2D eigenvalue weighted by atomic mass is 32.2. The Morgan fingerprint density at radius 3 is 1.74 bits per heavy atom. The standard InChI is InChI=1S/C28H45N3O5SSi2/c1-27(2,3)38(8,9)34-22-26(35-37(7,32)33)25(20-21-30-31-29)36-39(28(4,5)6,23-16-12-10-13-17-23)24-18-14-11-15-19-24/h10-19,25-26H,20-22H2,1-9H3/t25-,26+/m0/s1. The molecule has 0 N–H and O–H groups in total. The molecule has 0 aliphatic rings. The van der Waals surface area contributed by atoms with Crippen LogP contribution in [-0.4, -0.2) is 56.7 Å². The number of hydrogen-bond acceptors (Lipinski definition) is 6. The molecule has 0 unspecified atom stereocenters. The highest BCUT2D eigenvalue weighted by Crippen LogP contribution is 2.40. The summed E-state index contributed by atoms with van der Waals surface area (Å²) in [7, 11) is -9.18. The van der Waals surface area contributed by atoms with Gasteiger partial charge >= 0.3 is 0 Å². The van der Waals surface area contributed by atoms with Crippen molar-refractivity contribution in [1.29, 1.82) is 0 Å². The third-order valence-electron chi connectivity index (χ3n) is 7.45. The first-order valence-electron chi connectivity index (χ1n) is 13.3. The molecule has 2 rings (SSSR count). The van der Waals surface area contributed by atoms with Crippen molar-refractivity contribution in [3.05, 3.63) is 71.1 Å². The lowest BCUT2D eigenvalue weighted by atomic mass is 10.1. The van der Waals surface area contributed by atoms with Gasteiger partial charge in [-0.15, -0.1) is 0 Å². The minimum Gasteiger partial charge on any atom is -0.414 e. The zero-order chi connectivity index (χ0) is 29.5. The molecule has 2 atom stereocenters. The van der Waals surface area contributed by atoms with E-state index in [4.69, 9.17) is 18.6 Å². The lowest BCUT2D eigenvalue weighted by molar-refractivity contribution is 0.0154. The lowest BCUT2D eigenvalue weighted by Crippen LogP contribution is -2.68. The fraction of sp³-hybridized carbons (Fsp3) is 0.571. The van der Waals surface area contributed by atoms with Crippen LogP contribution in [0.5, 0.6) is 0 Å². The monoisotopic (exact) mass is 591 g/mol. The third-order valence-corrected chi connectivity index (χ3v) is 17.6. The maximum Gasteiger partial charge on any atom is 0.264 e. The molecule has 39 heavy (non-hydrogen) atoms. The summed E-state index contributed by atoms with van der Waals surface area (Å²) in [4.78, 5) is 2.92. The smallest absolute Gasteiger partial charge is 0.264 e. The minimum absolute atomic E-state index is 0.0443. The van der Waals surface area contributed by atoms with E-state index in [1.54, 1.807) is 0 Å². The number of benzene rings is 2. The summed E-state index contributed by atoms with van der Waals surface area (Å²) >= 11 is 0. The predicted molar refractivity (Wildman–Crippen MR) is 164 cm³/mol. The van der Waals surface area contributed by atoms with Crippen molar-refractivity contribution in [2.75, 3.05) is 19.4 Å². The molecule has 8 nitrogen and oxygen atoms in total. The van der Waals surface area contributed by atoms with Crippen LogP contribution in [0.15, 0.2) is 65.8 Å². The molecule has 0 saturated carbocycles. The van der Waals surface area contributed by atoms with Crippen molar-refractivity contribution >= 4 is 37.1 Å². The average Bonchev–Trinajstić information content (AvgIpc) is 2.83. The zero-order valence-corrected chi connectivity index (χ0v) is 27.7. The molecule has 0 fully saturated rings. The molecule has 0 aromatic heterocycles. The zero-order valence-electron chi connectivity index (χ0n) is 24.8. The molecule has 11 heteroatoms. The molecule has 0 aliphatic carbocycles. The van der Waals surface area contributed by atoms with E-state index in [0.29, 0.717) is 0 Å². The van der Waals surface area contributed by atoms with Crippen molar-refractivity contribution in [1.82, 2.24) is 0 Å². The van der Waals surface area contributed by atoms with E-state index >= 15 is 0 Å². The Hall–Kier alpha value is -1.99. The number of hydrogen-bond donors (Lipinski definition) is 0. The van der Waals surface area contributed by atoms with Crippen LogP contribution in [-0.2, 0) is 23.2 Å². The summed E-state index contributed by atoms with van der Waals surface area (Å²) in [6, 6.07) is 20.2. The Bertz CT molecular complexity index is 1170. The molecule has 216 valence electrons. The quantitative estimate of drug-likeness (QED) is 0.0933. The average molecular weight is 592 g/mol. The Kier molecular flexibility index (Phi) is 11.2. The van der Waals surface area contributed by atoms with E-state index in [1.165, 1.54) is 0 Å². The van der Waals surface area contributed by atoms with Crippen LogP contribution in [0.3, 0.4) is 0 Å². The van der Waals surface area contributed by atoms with Gasteiger partial charge in [-0.3, -0.25) is 4.18 Å². The van der Waals surface area contributed by atoms with Gasteiger partial charge in [0.15, 0.2) is 8.32 Å². The summed E-state index contributed by atoms with van der Waals surface area (Å²) in [5, 5.41) is 5.44. The predicted octanol–water partition coefficient (Wildman–Crippen LogP) is 6.00. The van der Waals surface area contributed by atoms with E-state index in [2.05, 4.69) is 88.9 Å². The second-order valence-electron chi connectivity index (χ2n) is 12.5. The van der Waals surface area contributed by atoms with Crippen LogP contribution >= 0.6 is 0 Å². The second kappa shape index (κ2) is 13.1. The van der Waals surface area contributed by atoms with Gasteiger partial charge in [0.1, 0.15) is 6.10 Å². The van der Waals surface area contributed by atoms with Gasteiger partial charge in [0.05, 0.1) is 19.0 Å². The maximum atomic E-state index is 12.5. The summed E-state index contributed by atoms with van der Waals surface area (Å²) in [5.74, 6) is 0. The van der Waals surface area contributed by atoms with Crippen LogP contribution in [0.1, 0.15) is 48.0 Å². The highest BCUT2D eigenvalue weighted by molar-refractivity contribution is 7.86. The van der Waals surface area contributed by atoms with Gasteiger partial charge in [0.25, 0.3) is 18.4 Å². The third kappa shape index (κ3) is 8.75. The number of azide groups is 1. The maximum absolute atomic E-state index is 12.5. The van der Waals surface area contributed by atoms with Gasteiger partial charge in [0, 0.05) is 11.5 Å². The molecule has 0 aliphatic heterocycles. The van der Waals surface area contributed by atoms with Crippen molar-refractivity contribution in [3.8, 4) is 0 Å². The van der Waals surface area contributed by atoms with Crippen LogP contribution < -0.4 is 10.4 Å². The van der Waals surface area contributed by atoms with Crippen LogP contribution in [0.4, 0.5) is 0 Å². The van der Waals surface area contributed by atoms with Crippen molar-refractivity contribution in [3.63, 3.8) is 0 Å². The Morgan fingerprint density at radius 2 is 1.36 bits per heavy atom. The molecule has 2 aromatic rings. The van der Waals surface area contributed by atoms with E-state index in [1.807, 2.05) is 36.4 Å². The van der Waals surface area contributed by atoms with Gasteiger partial charge in [-0.05, 0) is 45.5 Å². The summed E-state index contributed by atoms with van der Waals surface area (Å²) in [6.07, 6.45) is -0.333. The molecule has 0 spiro atoms. The van der Waals surface area contributed by atoms with E-state index < -0.39 is 39.0 Å². The summed E-state index contributed by atoms with van der Waals surface area (Å²) in [6.45, 7) is 17.3. The Labute approximate surface area is 237 Å². The van der Waals surface area contributed by atoms with Gasteiger partial charge in [-0.1, -0.05) is 107 Å². The van der Waals surface area contributed by atoms with Crippen LogP contribution in [0.25, 0.3) is 10.4 Å². The van der Waals surface area contributed by atoms with E-state index in [-0.39, 0.29) is 29.6 Å². The van der Waals surface area contributed by atoms with Crippen molar-refractivity contribution in [2.24, 2.45) is 5.11 Å². The second-order valence-corrected chi connectivity index (χ2v) is 23.1. The molecule has 0 amide bonds. The molecule has 0 heterocycles. The molecular formula is C28H45N3O5SSi2. The summed E-state index contributed by atoms with van der Waals surface area (Å²) < 4.78 is 44.5. The van der Waals surface area contributed by atoms with E-state index in [0.717, 1.165) is 16.6 Å². The lowest BCUT2D eigenvalue weighted by Gasteiger charge is -2.46.